The molecule has 6 nitrogen and oxygen atoms in total. The number of rotatable bonds is 5. The van der Waals surface area contributed by atoms with Gasteiger partial charge in [0.15, 0.2) is 0 Å². The van der Waals surface area contributed by atoms with Crippen molar-refractivity contribution in [2.45, 2.75) is 58.0 Å². The van der Waals surface area contributed by atoms with Gasteiger partial charge in [-0.2, -0.15) is 9.40 Å². The van der Waals surface area contributed by atoms with Crippen molar-refractivity contribution in [2.75, 3.05) is 13.1 Å². The van der Waals surface area contributed by atoms with Gasteiger partial charge in [0.2, 0.25) is 10.0 Å². The molecular formula is C14H26N4O2S. The van der Waals surface area contributed by atoms with E-state index in [1.165, 1.54) is 0 Å². The number of aromatic nitrogens is 2. The number of aromatic amines is 1. The minimum Gasteiger partial charge on any atom is -0.309 e. The summed E-state index contributed by atoms with van der Waals surface area (Å²) >= 11 is 0. The van der Waals surface area contributed by atoms with Crippen LogP contribution in [0.4, 0.5) is 0 Å². The Morgan fingerprint density at radius 1 is 1.38 bits per heavy atom. The highest BCUT2D eigenvalue weighted by Gasteiger charge is 2.32. The molecule has 0 unspecified atom stereocenters. The van der Waals surface area contributed by atoms with Crippen molar-refractivity contribution < 1.29 is 8.42 Å². The van der Waals surface area contributed by atoms with E-state index in [4.69, 9.17) is 0 Å². The van der Waals surface area contributed by atoms with E-state index in [2.05, 4.69) is 22.4 Å². The van der Waals surface area contributed by atoms with Gasteiger partial charge < -0.3 is 5.32 Å². The number of sulfonamides is 1. The van der Waals surface area contributed by atoms with Crippen molar-refractivity contribution in [3.63, 3.8) is 0 Å². The van der Waals surface area contributed by atoms with Crippen LogP contribution in [0.15, 0.2) is 4.90 Å². The van der Waals surface area contributed by atoms with Crippen LogP contribution in [0.25, 0.3) is 0 Å². The summed E-state index contributed by atoms with van der Waals surface area (Å²) in [6, 6.07) is 0.286. The van der Waals surface area contributed by atoms with Crippen molar-refractivity contribution in [1.82, 2.24) is 19.8 Å². The lowest BCUT2D eigenvalue weighted by molar-refractivity contribution is 0.287. The fourth-order valence-electron chi connectivity index (χ4n) is 2.59. The first kappa shape index (κ1) is 16.5. The predicted molar refractivity (Wildman–Crippen MR) is 82.5 cm³/mol. The number of nitrogens with one attached hydrogen (secondary N) is 2. The van der Waals surface area contributed by atoms with Crippen molar-refractivity contribution in [3.8, 4) is 0 Å². The van der Waals surface area contributed by atoms with Gasteiger partial charge in [0.1, 0.15) is 4.90 Å². The molecule has 0 aliphatic carbocycles. The summed E-state index contributed by atoms with van der Waals surface area (Å²) in [7, 11) is -3.45. The Labute approximate surface area is 127 Å². The lowest BCUT2D eigenvalue weighted by Gasteiger charge is -2.29. The topological polar surface area (TPSA) is 78.1 Å². The Morgan fingerprint density at radius 2 is 2.00 bits per heavy atom. The molecule has 21 heavy (non-hydrogen) atoms. The van der Waals surface area contributed by atoms with E-state index in [1.807, 2.05) is 13.8 Å². The molecule has 2 N–H and O–H groups in total. The second-order valence-corrected chi connectivity index (χ2v) is 8.12. The van der Waals surface area contributed by atoms with E-state index < -0.39 is 10.0 Å². The molecule has 0 amide bonds. The van der Waals surface area contributed by atoms with Crippen molar-refractivity contribution in [2.24, 2.45) is 5.92 Å². The monoisotopic (exact) mass is 314 g/mol. The molecule has 0 saturated carbocycles. The van der Waals surface area contributed by atoms with Crippen molar-refractivity contribution >= 4 is 10.0 Å². The Bertz CT molecular complexity index is 572. The van der Waals surface area contributed by atoms with E-state index >= 15 is 0 Å². The van der Waals surface area contributed by atoms with Crippen molar-refractivity contribution in [1.29, 1.82) is 0 Å². The van der Waals surface area contributed by atoms with E-state index in [0.717, 1.165) is 12.8 Å². The first-order chi connectivity index (χ1) is 9.82. The van der Waals surface area contributed by atoms with E-state index in [0.29, 0.717) is 41.8 Å². The average Bonchev–Trinajstić information content (AvgIpc) is 2.78. The highest BCUT2D eigenvalue weighted by Crippen LogP contribution is 2.26. The molecule has 0 radical (unpaired) electrons. The molecule has 1 saturated heterocycles. The smallest absolute Gasteiger partial charge is 0.246 e. The van der Waals surface area contributed by atoms with Crippen LogP contribution < -0.4 is 5.32 Å². The van der Waals surface area contributed by atoms with Gasteiger partial charge in [-0.25, -0.2) is 8.42 Å². The van der Waals surface area contributed by atoms with Crippen LogP contribution in [0.3, 0.4) is 0 Å². The normalized spacial score (nSPS) is 18.5. The predicted octanol–water partition coefficient (Wildman–Crippen LogP) is 1.64. The highest BCUT2D eigenvalue weighted by atomic mass is 32.2. The zero-order chi connectivity index (χ0) is 15.6. The first-order valence-electron chi connectivity index (χ1n) is 7.59. The van der Waals surface area contributed by atoms with Gasteiger partial charge in [0.25, 0.3) is 0 Å². The Hall–Kier alpha value is -0.920. The minimum atomic E-state index is -3.45. The molecule has 1 aliphatic rings. The Balaban J connectivity index is 2.25. The number of H-pyrrole nitrogens is 1. The molecule has 120 valence electrons. The second kappa shape index (κ2) is 6.46. The molecule has 0 spiro atoms. The third-order valence-electron chi connectivity index (χ3n) is 3.98. The third-order valence-corrected chi connectivity index (χ3v) is 6.08. The van der Waals surface area contributed by atoms with Crippen LogP contribution in [0.2, 0.25) is 0 Å². The maximum absolute atomic E-state index is 12.9. The molecule has 2 rings (SSSR count). The Morgan fingerprint density at radius 3 is 2.57 bits per heavy atom. The van der Waals surface area contributed by atoms with Crippen LogP contribution in [0.1, 0.15) is 45.0 Å². The summed E-state index contributed by atoms with van der Waals surface area (Å²) in [5.74, 6) is 0.601. The SMILES string of the molecule is Cc1[nH]nc(CNC(C)C)c1S(=O)(=O)N1CCC(C)CC1. The lowest BCUT2D eigenvalue weighted by atomic mass is 10.0. The second-order valence-electron chi connectivity index (χ2n) is 6.25. The number of nitrogens with zero attached hydrogens (tertiary/aromatic N) is 2. The molecule has 0 aromatic carbocycles. The summed E-state index contributed by atoms with van der Waals surface area (Å²) < 4.78 is 27.4. The van der Waals surface area contributed by atoms with Crippen LogP contribution in [-0.4, -0.2) is 42.1 Å². The van der Waals surface area contributed by atoms with E-state index in [9.17, 15) is 8.42 Å². The quantitative estimate of drug-likeness (QED) is 0.866. The van der Waals surface area contributed by atoms with Gasteiger partial charge in [-0.05, 0) is 25.7 Å². The first-order valence-corrected chi connectivity index (χ1v) is 9.03. The molecule has 2 heterocycles. The van der Waals surface area contributed by atoms with Crippen LogP contribution in [0, 0.1) is 12.8 Å². The minimum absolute atomic E-state index is 0.286. The van der Waals surface area contributed by atoms with Gasteiger partial charge in [-0.1, -0.05) is 20.8 Å². The zero-order valence-corrected chi connectivity index (χ0v) is 14.1. The summed E-state index contributed by atoms with van der Waals surface area (Å²) in [5.41, 5.74) is 1.20. The van der Waals surface area contributed by atoms with Crippen molar-refractivity contribution in [3.05, 3.63) is 11.4 Å². The molecule has 1 fully saturated rings. The summed E-state index contributed by atoms with van der Waals surface area (Å²) in [5, 5.41) is 10.2. The van der Waals surface area contributed by atoms with Gasteiger partial charge >= 0.3 is 0 Å². The van der Waals surface area contributed by atoms with Gasteiger partial charge in [0, 0.05) is 25.7 Å². The number of piperidine rings is 1. The van der Waals surface area contributed by atoms with Gasteiger partial charge in [-0.3, -0.25) is 5.10 Å². The largest absolute Gasteiger partial charge is 0.309 e. The van der Waals surface area contributed by atoms with Crippen LogP contribution in [0.5, 0.6) is 0 Å². The fraction of sp³-hybridized carbons (Fsp3) is 0.786. The number of aryl methyl sites for hydroxylation is 1. The molecular weight excluding hydrogens is 288 g/mol. The molecule has 1 aromatic rings. The van der Waals surface area contributed by atoms with Gasteiger partial charge in [0.05, 0.1) is 11.4 Å². The standard InChI is InChI=1S/C14H26N4O2S/c1-10(2)15-9-13-14(12(4)16-17-13)21(19,20)18-7-5-11(3)6-8-18/h10-11,15H,5-9H2,1-4H3,(H,16,17). The van der Waals surface area contributed by atoms with Crippen LogP contribution in [-0.2, 0) is 16.6 Å². The zero-order valence-electron chi connectivity index (χ0n) is 13.3. The number of hydrogen-bond acceptors (Lipinski definition) is 4. The molecule has 1 aromatic heterocycles. The maximum atomic E-state index is 12.9. The summed E-state index contributed by atoms with van der Waals surface area (Å²) in [6.45, 7) is 9.66. The molecule has 1 aliphatic heterocycles. The van der Waals surface area contributed by atoms with Crippen LogP contribution >= 0.6 is 0 Å². The summed E-state index contributed by atoms with van der Waals surface area (Å²) in [6.07, 6.45) is 1.85. The lowest BCUT2D eigenvalue weighted by Crippen LogP contribution is -2.38. The van der Waals surface area contributed by atoms with E-state index in [1.54, 1.807) is 11.2 Å². The molecule has 0 bridgehead atoms. The van der Waals surface area contributed by atoms with Gasteiger partial charge in [-0.15, -0.1) is 0 Å². The number of hydrogen-bond donors (Lipinski definition) is 2. The maximum Gasteiger partial charge on any atom is 0.246 e. The third kappa shape index (κ3) is 3.64. The highest BCUT2D eigenvalue weighted by molar-refractivity contribution is 7.89. The summed E-state index contributed by atoms with van der Waals surface area (Å²) in [4.78, 5) is 0.352. The molecule has 7 heteroatoms. The fourth-order valence-corrected chi connectivity index (χ4v) is 4.38. The average molecular weight is 314 g/mol. The Kier molecular flexibility index (Phi) is 5.06. The van der Waals surface area contributed by atoms with E-state index in [-0.39, 0.29) is 6.04 Å². The molecule has 0 atom stereocenters.